The standard InChI is InChI=1S/C15H15FO2/c1-18-15-10-12(7-8-13(15)16)14(17)9-11-5-3-2-4-6-11/h2-8,10,14,17H,9H2,1H3/t14-/m1/s1. The van der Waals surface area contributed by atoms with Crippen molar-refractivity contribution in [3.8, 4) is 5.75 Å². The van der Waals surface area contributed by atoms with Gasteiger partial charge in [-0.1, -0.05) is 36.4 Å². The Kier molecular flexibility index (Phi) is 3.95. The average molecular weight is 246 g/mol. The van der Waals surface area contributed by atoms with Crippen LogP contribution < -0.4 is 4.74 Å². The lowest BCUT2D eigenvalue weighted by atomic mass is 10.0. The molecule has 3 heteroatoms. The summed E-state index contributed by atoms with van der Waals surface area (Å²) in [6, 6.07) is 14.1. The molecule has 0 bridgehead atoms. The molecular formula is C15H15FO2. The molecular weight excluding hydrogens is 231 g/mol. The lowest BCUT2D eigenvalue weighted by Gasteiger charge is -2.12. The summed E-state index contributed by atoms with van der Waals surface area (Å²) in [5.74, 6) is -0.271. The molecule has 94 valence electrons. The van der Waals surface area contributed by atoms with Gasteiger partial charge in [0, 0.05) is 6.42 Å². The SMILES string of the molecule is COc1cc([C@H](O)Cc2ccccc2)ccc1F. The highest BCUT2D eigenvalue weighted by Gasteiger charge is 2.11. The Morgan fingerprint density at radius 2 is 1.89 bits per heavy atom. The molecule has 2 nitrogen and oxygen atoms in total. The smallest absolute Gasteiger partial charge is 0.165 e. The fourth-order valence-corrected chi connectivity index (χ4v) is 1.84. The molecule has 18 heavy (non-hydrogen) atoms. The molecule has 1 atom stereocenters. The zero-order valence-corrected chi connectivity index (χ0v) is 10.1. The van der Waals surface area contributed by atoms with Gasteiger partial charge in [0.05, 0.1) is 13.2 Å². The van der Waals surface area contributed by atoms with Crippen LogP contribution in [0, 0.1) is 5.82 Å². The van der Waals surface area contributed by atoms with Crippen molar-refractivity contribution < 1.29 is 14.2 Å². The number of hydrogen-bond donors (Lipinski definition) is 1. The van der Waals surface area contributed by atoms with E-state index in [0.717, 1.165) is 5.56 Å². The molecule has 0 spiro atoms. The van der Waals surface area contributed by atoms with Crippen molar-refractivity contribution in [1.29, 1.82) is 0 Å². The molecule has 0 aromatic heterocycles. The van der Waals surface area contributed by atoms with Gasteiger partial charge < -0.3 is 9.84 Å². The summed E-state index contributed by atoms with van der Waals surface area (Å²) in [7, 11) is 1.41. The van der Waals surface area contributed by atoms with E-state index in [1.807, 2.05) is 30.3 Å². The second kappa shape index (κ2) is 5.65. The Labute approximate surface area is 106 Å². The van der Waals surface area contributed by atoms with Crippen LogP contribution in [0.5, 0.6) is 5.75 Å². The van der Waals surface area contributed by atoms with Crippen LogP contribution in [0.2, 0.25) is 0 Å². The molecule has 2 aromatic rings. The number of halogens is 1. The normalized spacial score (nSPS) is 12.2. The van der Waals surface area contributed by atoms with Crippen LogP contribution >= 0.6 is 0 Å². The Morgan fingerprint density at radius 1 is 1.17 bits per heavy atom. The molecule has 0 saturated heterocycles. The molecule has 0 aliphatic rings. The monoisotopic (exact) mass is 246 g/mol. The Hall–Kier alpha value is -1.87. The maximum atomic E-state index is 13.3. The van der Waals surface area contributed by atoms with E-state index in [-0.39, 0.29) is 5.75 Å². The number of ether oxygens (including phenoxy) is 1. The van der Waals surface area contributed by atoms with E-state index in [1.54, 1.807) is 6.07 Å². The maximum Gasteiger partial charge on any atom is 0.165 e. The number of hydrogen-bond acceptors (Lipinski definition) is 2. The minimum absolute atomic E-state index is 0.152. The van der Waals surface area contributed by atoms with Crippen molar-refractivity contribution in [2.45, 2.75) is 12.5 Å². The number of aliphatic hydroxyl groups is 1. The van der Waals surface area contributed by atoms with Gasteiger partial charge in [-0.3, -0.25) is 0 Å². The van der Waals surface area contributed by atoms with E-state index < -0.39 is 11.9 Å². The van der Waals surface area contributed by atoms with Gasteiger partial charge in [-0.25, -0.2) is 4.39 Å². The predicted molar refractivity (Wildman–Crippen MR) is 68.1 cm³/mol. The molecule has 1 N–H and O–H groups in total. The van der Waals surface area contributed by atoms with Gasteiger partial charge in [0.1, 0.15) is 0 Å². The van der Waals surface area contributed by atoms with E-state index >= 15 is 0 Å². The molecule has 0 aliphatic carbocycles. The second-order valence-electron chi connectivity index (χ2n) is 4.10. The molecule has 2 rings (SSSR count). The molecule has 0 saturated carbocycles. The largest absolute Gasteiger partial charge is 0.494 e. The van der Waals surface area contributed by atoms with Crippen molar-refractivity contribution in [1.82, 2.24) is 0 Å². The first-order chi connectivity index (χ1) is 8.70. The fourth-order valence-electron chi connectivity index (χ4n) is 1.84. The van der Waals surface area contributed by atoms with Crippen molar-refractivity contribution in [2.24, 2.45) is 0 Å². The van der Waals surface area contributed by atoms with Crippen LogP contribution in [0.25, 0.3) is 0 Å². The maximum absolute atomic E-state index is 13.3. The summed E-state index contributed by atoms with van der Waals surface area (Å²) >= 11 is 0. The molecule has 0 fully saturated rings. The first kappa shape index (κ1) is 12.6. The van der Waals surface area contributed by atoms with Gasteiger partial charge >= 0.3 is 0 Å². The van der Waals surface area contributed by atoms with Gasteiger partial charge in [-0.2, -0.15) is 0 Å². The number of methoxy groups -OCH3 is 1. The topological polar surface area (TPSA) is 29.5 Å². The van der Waals surface area contributed by atoms with Crippen LogP contribution in [0.3, 0.4) is 0 Å². The van der Waals surface area contributed by atoms with Gasteiger partial charge in [-0.15, -0.1) is 0 Å². The first-order valence-electron chi connectivity index (χ1n) is 5.76. The van der Waals surface area contributed by atoms with Crippen LogP contribution in [0.4, 0.5) is 4.39 Å². The van der Waals surface area contributed by atoms with Crippen LogP contribution in [-0.4, -0.2) is 12.2 Å². The van der Waals surface area contributed by atoms with Gasteiger partial charge in [0.15, 0.2) is 11.6 Å². The van der Waals surface area contributed by atoms with Crippen LogP contribution in [0.1, 0.15) is 17.2 Å². The zero-order chi connectivity index (χ0) is 13.0. The molecule has 0 heterocycles. The summed E-state index contributed by atoms with van der Waals surface area (Å²) < 4.78 is 18.2. The zero-order valence-electron chi connectivity index (χ0n) is 10.1. The Morgan fingerprint density at radius 3 is 2.56 bits per heavy atom. The highest BCUT2D eigenvalue weighted by Crippen LogP contribution is 2.24. The van der Waals surface area contributed by atoms with Crippen molar-refractivity contribution in [3.05, 3.63) is 65.5 Å². The minimum atomic E-state index is -0.665. The van der Waals surface area contributed by atoms with Crippen molar-refractivity contribution in [3.63, 3.8) is 0 Å². The highest BCUT2D eigenvalue weighted by atomic mass is 19.1. The Balaban J connectivity index is 2.16. The van der Waals surface area contributed by atoms with E-state index in [0.29, 0.717) is 12.0 Å². The molecule has 0 amide bonds. The summed E-state index contributed by atoms with van der Waals surface area (Å²) in [6.07, 6.45) is -0.169. The van der Waals surface area contributed by atoms with Gasteiger partial charge in [0.25, 0.3) is 0 Å². The number of rotatable bonds is 4. The lowest BCUT2D eigenvalue weighted by Crippen LogP contribution is -2.02. The quantitative estimate of drug-likeness (QED) is 0.898. The van der Waals surface area contributed by atoms with Gasteiger partial charge in [-0.05, 0) is 23.3 Å². The number of benzene rings is 2. The van der Waals surface area contributed by atoms with E-state index in [4.69, 9.17) is 4.74 Å². The summed E-state index contributed by atoms with van der Waals surface area (Å²) in [6.45, 7) is 0. The summed E-state index contributed by atoms with van der Waals surface area (Å²) in [4.78, 5) is 0. The molecule has 2 aromatic carbocycles. The molecule has 0 unspecified atom stereocenters. The first-order valence-corrected chi connectivity index (χ1v) is 5.76. The summed E-state index contributed by atoms with van der Waals surface area (Å²) in [5, 5.41) is 10.1. The third-order valence-corrected chi connectivity index (χ3v) is 2.83. The number of aliphatic hydroxyl groups excluding tert-OH is 1. The van der Waals surface area contributed by atoms with Crippen LogP contribution in [0.15, 0.2) is 48.5 Å². The van der Waals surface area contributed by atoms with Crippen molar-refractivity contribution >= 4 is 0 Å². The lowest BCUT2D eigenvalue weighted by molar-refractivity contribution is 0.178. The Bertz CT molecular complexity index is 511. The van der Waals surface area contributed by atoms with E-state index in [2.05, 4.69) is 0 Å². The third-order valence-electron chi connectivity index (χ3n) is 2.83. The highest BCUT2D eigenvalue weighted by molar-refractivity contribution is 5.32. The van der Waals surface area contributed by atoms with Crippen molar-refractivity contribution in [2.75, 3.05) is 7.11 Å². The fraction of sp³-hybridized carbons (Fsp3) is 0.200. The second-order valence-corrected chi connectivity index (χ2v) is 4.10. The van der Waals surface area contributed by atoms with Crippen LogP contribution in [-0.2, 0) is 6.42 Å². The third kappa shape index (κ3) is 2.87. The summed E-state index contributed by atoms with van der Waals surface area (Å²) in [5.41, 5.74) is 1.69. The van der Waals surface area contributed by atoms with Gasteiger partial charge in [0.2, 0.25) is 0 Å². The van der Waals surface area contributed by atoms with E-state index in [1.165, 1.54) is 19.2 Å². The average Bonchev–Trinajstić information content (AvgIpc) is 2.40. The predicted octanol–water partition coefficient (Wildman–Crippen LogP) is 3.11. The molecule has 0 radical (unpaired) electrons. The van der Waals surface area contributed by atoms with E-state index in [9.17, 15) is 9.50 Å². The minimum Gasteiger partial charge on any atom is -0.494 e. The molecule has 0 aliphatic heterocycles.